The summed E-state index contributed by atoms with van der Waals surface area (Å²) in [4.78, 5) is 38.7. The van der Waals surface area contributed by atoms with E-state index in [1.54, 1.807) is 12.1 Å². The Morgan fingerprint density at radius 2 is 1.78 bits per heavy atom. The van der Waals surface area contributed by atoms with Crippen molar-refractivity contribution in [1.29, 1.82) is 0 Å². The average molecular weight is 502 g/mol. The molecule has 1 aromatic rings. The van der Waals surface area contributed by atoms with E-state index in [9.17, 15) is 19.5 Å². The molecule has 0 saturated heterocycles. The van der Waals surface area contributed by atoms with Crippen molar-refractivity contribution in [3.63, 3.8) is 0 Å². The molecule has 0 spiro atoms. The molecule has 1 fully saturated rings. The number of carbonyl (C=O) groups excluding carboxylic acids is 3. The Balaban J connectivity index is 1.81. The molecule has 5 unspecified atom stereocenters. The lowest BCUT2D eigenvalue weighted by atomic mass is 9.74. The Morgan fingerprint density at radius 1 is 1.11 bits per heavy atom. The fraction of sp³-hybridized carbons (Fsp3) is 0.679. The summed E-state index contributed by atoms with van der Waals surface area (Å²) >= 11 is 0. The van der Waals surface area contributed by atoms with Crippen LogP contribution in [0, 0.1) is 17.8 Å². The van der Waals surface area contributed by atoms with Gasteiger partial charge in [-0.1, -0.05) is 38.8 Å². The lowest BCUT2D eigenvalue weighted by Gasteiger charge is -2.36. The van der Waals surface area contributed by atoms with Gasteiger partial charge < -0.3 is 25.8 Å². The summed E-state index contributed by atoms with van der Waals surface area (Å²) in [5.74, 6) is -0.362. The van der Waals surface area contributed by atoms with Crippen molar-refractivity contribution in [3.05, 3.63) is 29.8 Å². The number of fused-ring (bicyclic) bond motifs is 10. The van der Waals surface area contributed by atoms with Crippen LogP contribution in [-0.2, 0) is 20.8 Å². The molecule has 8 nitrogen and oxygen atoms in total. The lowest BCUT2D eigenvalue weighted by Crippen LogP contribution is -2.56. The predicted molar refractivity (Wildman–Crippen MR) is 138 cm³/mol. The van der Waals surface area contributed by atoms with Gasteiger partial charge in [0.25, 0.3) is 5.91 Å². The number of benzene rings is 1. The van der Waals surface area contributed by atoms with Gasteiger partial charge in [0.05, 0.1) is 12.1 Å². The van der Waals surface area contributed by atoms with E-state index in [0.29, 0.717) is 18.6 Å². The molecule has 2 heterocycles. The van der Waals surface area contributed by atoms with Crippen molar-refractivity contribution in [3.8, 4) is 5.75 Å². The number of hydrogen-bond acceptors (Lipinski definition) is 5. The van der Waals surface area contributed by atoms with Gasteiger partial charge >= 0.3 is 0 Å². The number of rotatable bonds is 5. The van der Waals surface area contributed by atoms with Crippen LogP contribution in [0.1, 0.15) is 72.3 Å². The van der Waals surface area contributed by atoms with Gasteiger partial charge in [0.2, 0.25) is 11.8 Å². The number of ether oxygens (including phenoxy) is 1. The van der Waals surface area contributed by atoms with Gasteiger partial charge in [-0.15, -0.1) is 0 Å². The summed E-state index contributed by atoms with van der Waals surface area (Å²) in [5.41, 5.74) is 0.626. The Bertz CT molecular complexity index is 909. The zero-order valence-corrected chi connectivity index (χ0v) is 22.3. The number of carbonyl (C=O) groups is 3. The summed E-state index contributed by atoms with van der Waals surface area (Å²) in [6.45, 7) is 9.47. The van der Waals surface area contributed by atoms with Crippen molar-refractivity contribution in [2.45, 2.75) is 96.9 Å². The highest BCUT2D eigenvalue weighted by Gasteiger charge is 2.36. The summed E-state index contributed by atoms with van der Waals surface area (Å²) < 4.78 is 5.56. The molecule has 3 amide bonds. The van der Waals surface area contributed by atoms with Gasteiger partial charge in [0, 0.05) is 11.5 Å². The van der Waals surface area contributed by atoms with Crippen LogP contribution in [0.4, 0.5) is 0 Å². The smallest absolute Gasteiger partial charge is 0.258 e. The number of amides is 3. The number of aliphatic hydroxyl groups is 1. The van der Waals surface area contributed by atoms with Crippen LogP contribution in [0.5, 0.6) is 5.75 Å². The third-order valence-corrected chi connectivity index (χ3v) is 7.09. The van der Waals surface area contributed by atoms with Crippen LogP contribution in [0.25, 0.3) is 0 Å². The van der Waals surface area contributed by atoms with Crippen molar-refractivity contribution in [1.82, 2.24) is 16.0 Å². The third kappa shape index (κ3) is 7.95. The molecule has 2 bridgehead atoms. The van der Waals surface area contributed by atoms with Crippen LogP contribution < -0.4 is 20.7 Å². The van der Waals surface area contributed by atoms with E-state index in [2.05, 4.69) is 16.0 Å². The highest BCUT2D eigenvalue weighted by Crippen LogP contribution is 2.34. The van der Waals surface area contributed by atoms with Crippen LogP contribution in [0.15, 0.2) is 24.3 Å². The zero-order chi connectivity index (χ0) is 26.5. The van der Waals surface area contributed by atoms with E-state index in [-0.39, 0.29) is 47.6 Å². The average Bonchev–Trinajstić information content (AvgIpc) is 2.81. The molecular formula is C28H43N3O5. The molecule has 4 rings (SSSR count). The molecule has 36 heavy (non-hydrogen) atoms. The largest absolute Gasteiger partial charge is 0.484 e. The molecular weight excluding hydrogens is 458 g/mol. The standard InChI is InChI=1S/C28H43N3O5/c1-17(2)25-27(35)29-22(14-18-10-12-20(13-11-18)36-16-24(33)30-25)23(32)15-19-8-6-7-9-21(19)26(34)31-28(3,4)5/h10-13,17,19,21-23,25,32H,6-9,14-16H2,1-5H3,(H,29,35)(H,30,33)(H,31,34). The second-order valence-electron chi connectivity index (χ2n) is 11.7. The first kappa shape index (κ1) is 28.0. The molecule has 200 valence electrons. The minimum Gasteiger partial charge on any atom is -0.484 e. The maximum Gasteiger partial charge on any atom is 0.258 e. The molecule has 1 saturated carbocycles. The first-order valence-corrected chi connectivity index (χ1v) is 13.2. The predicted octanol–water partition coefficient (Wildman–Crippen LogP) is 2.72. The van der Waals surface area contributed by atoms with Gasteiger partial charge in [-0.05, 0) is 76.0 Å². The topological polar surface area (TPSA) is 117 Å². The Labute approximate surface area is 214 Å². The first-order chi connectivity index (χ1) is 16.9. The maximum atomic E-state index is 13.3. The van der Waals surface area contributed by atoms with Crippen molar-refractivity contribution in [2.75, 3.05) is 6.61 Å². The summed E-state index contributed by atoms with van der Waals surface area (Å²) in [6.07, 6.45) is 3.71. The SMILES string of the molecule is CC(C)C1NC(=O)COc2ccc(cc2)CC(C(O)CC2CCCCC2C(=O)NC(C)(C)C)NC1=O. The van der Waals surface area contributed by atoms with Gasteiger partial charge in [0.1, 0.15) is 11.8 Å². The minimum atomic E-state index is -0.841. The van der Waals surface area contributed by atoms with E-state index in [1.165, 1.54) is 0 Å². The quantitative estimate of drug-likeness (QED) is 0.463. The summed E-state index contributed by atoms with van der Waals surface area (Å²) in [7, 11) is 0. The second-order valence-corrected chi connectivity index (χ2v) is 11.7. The van der Waals surface area contributed by atoms with Gasteiger partial charge in [-0.25, -0.2) is 0 Å². The highest BCUT2D eigenvalue weighted by molar-refractivity contribution is 5.88. The monoisotopic (exact) mass is 501 g/mol. The van der Waals surface area contributed by atoms with Crippen molar-refractivity contribution >= 4 is 17.7 Å². The van der Waals surface area contributed by atoms with Crippen LogP contribution in [0.3, 0.4) is 0 Å². The molecule has 1 aromatic carbocycles. The summed E-state index contributed by atoms with van der Waals surface area (Å²) in [5, 5.41) is 20.3. The van der Waals surface area contributed by atoms with E-state index in [4.69, 9.17) is 4.74 Å². The summed E-state index contributed by atoms with van der Waals surface area (Å²) in [6, 6.07) is 6.05. The van der Waals surface area contributed by atoms with E-state index in [1.807, 2.05) is 46.8 Å². The zero-order valence-electron chi connectivity index (χ0n) is 22.3. The van der Waals surface area contributed by atoms with Crippen molar-refractivity contribution in [2.24, 2.45) is 17.8 Å². The van der Waals surface area contributed by atoms with Crippen LogP contribution in [0.2, 0.25) is 0 Å². The minimum absolute atomic E-state index is 0.0361. The van der Waals surface area contributed by atoms with E-state index >= 15 is 0 Å². The molecule has 2 aliphatic heterocycles. The number of nitrogens with one attached hydrogen (secondary N) is 3. The number of aliphatic hydroxyl groups excluding tert-OH is 1. The molecule has 0 radical (unpaired) electrons. The van der Waals surface area contributed by atoms with Crippen molar-refractivity contribution < 1.29 is 24.2 Å². The Morgan fingerprint density at radius 3 is 2.42 bits per heavy atom. The molecule has 5 atom stereocenters. The Hall–Kier alpha value is -2.61. The maximum absolute atomic E-state index is 13.3. The number of hydrogen-bond donors (Lipinski definition) is 4. The van der Waals surface area contributed by atoms with Gasteiger partial charge in [-0.3, -0.25) is 14.4 Å². The third-order valence-electron chi connectivity index (χ3n) is 7.09. The first-order valence-electron chi connectivity index (χ1n) is 13.2. The molecule has 1 aliphatic carbocycles. The van der Waals surface area contributed by atoms with E-state index in [0.717, 1.165) is 31.2 Å². The molecule has 3 aliphatic rings. The van der Waals surface area contributed by atoms with E-state index < -0.39 is 18.2 Å². The van der Waals surface area contributed by atoms with Gasteiger partial charge in [0.15, 0.2) is 6.61 Å². The molecule has 8 heteroatoms. The molecule has 4 N–H and O–H groups in total. The Kier molecular flexibility index (Phi) is 9.39. The fourth-order valence-corrected chi connectivity index (χ4v) is 5.20. The lowest BCUT2D eigenvalue weighted by molar-refractivity contribution is -0.132. The normalized spacial score (nSPS) is 26.5. The fourth-order valence-electron chi connectivity index (χ4n) is 5.20. The molecule has 0 aromatic heterocycles. The highest BCUT2D eigenvalue weighted by atomic mass is 16.5. The van der Waals surface area contributed by atoms with Crippen LogP contribution in [-0.4, -0.2) is 53.2 Å². The van der Waals surface area contributed by atoms with Crippen LogP contribution >= 0.6 is 0 Å². The second kappa shape index (κ2) is 12.1. The van der Waals surface area contributed by atoms with Gasteiger partial charge in [-0.2, -0.15) is 0 Å².